The van der Waals surface area contributed by atoms with Gasteiger partial charge in [0.1, 0.15) is 10.5 Å². The van der Waals surface area contributed by atoms with Gasteiger partial charge in [0.25, 0.3) is 0 Å². The van der Waals surface area contributed by atoms with E-state index in [9.17, 15) is 8.42 Å². The quantitative estimate of drug-likeness (QED) is 0.789. The summed E-state index contributed by atoms with van der Waals surface area (Å²) in [6.07, 6.45) is 7.22. The van der Waals surface area contributed by atoms with Gasteiger partial charge in [-0.3, -0.25) is 0 Å². The van der Waals surface area contributed by atoms with E-state index in [0.29, 0.717) is 23.1 Å². The lowest BCUT2D eigenvalue weighted by Gasteiger charge is -2.29. The molecule has 0 radical (unpaired) electrons. The van der Waals surface area contributed by atoms with Crippen LogP contribution in [-0.4, -0.2) is 36.5 Å². The molecule has 2 saturated heterocycles. The third-order valence-electron chi connectivity index (χ3n) is 4.50. The average molecular weight is 343 g/mol. The summed E-state index contributed by atoms with van der Waals surface area (Å²) >= 11 is 0. The molecule has 0 aromatic carbocycles. The molecule has 22 heavy (non-hydrogen) atoms. The van der Waals surface area contributed by atoms with Crippen LogP contribution in [-0.2, 0) is 10.0 Å². The smallest absolute Gasteiger partial charge is 0.243 e. The van der Waals surface area contributed by atoms with E-state index in [1.54, 1.807) is 18.3 Å². The number of hydrogen-bond acceptors (Lipinski definition) is 4. The van der Waals surface area contributed by atoms with Crippen LogP contribution in [0.4, 0.5) is 0 Å². The summed E-state index contributed by atoms with van der Waals surface area (Å²) in [6.45, 7) is 0. The van der Waals surface area contributed by atoms with Crippen molar-refractivity contribution in [2.24, 2.45) is 0 Å². The molecule has 0 saturated carbocycles. The second kappa shape index (κ2) is 5.81. The topological polar surface area (TPSA) is 86.9 Å². The number of halogens is 1. The maximum absolute atomic E-state index is 12.6. The molecule has 2 aliphatic heterocycles. The molecule has 6 nitrogen and oxygen atoms in total. The van der Waals surface area contributed by atoms with Crippen molar-refractivity contribution >= 4 is 33.5 Å². The van der Waals surface area contributed by atoms with E-state index in [-0.39, 0.29) is 23.3 Å². The lowest BCUT2D eigenvalue weighted by atomic mass is 10.0. The minimum absolute atomic E-state index is 0. The van der Waals surface area contributed by atoms with Gasteiger partial charge in [-0.2, -0.15) is 0 Å². The molecule has 0 aliphatic carbocycles. The minimum atomic E-state index is -3.51. The van der Waals surface area contributed by atoms with Crippen molar-refractivity contribution in [3.63, 3.8) is 0 Å². The Balaban J connectivity index is 0.00000144. The van der Waals surface area contributed by atoms with E-state index >= 15 is 0 Å². The van der Waals surface area contributed by atoms with E-state index in [1.165, 1.54) is 6.20 Å². The van der Waals surface area contributed by atoms with Crippen LogP contribution in [0.25, 0.3) is 11.0 Å². The number of fused-ring (bicyclic) bond motifs is 3. The molecule has 2 fully saturated rings. The van der Waals surface area contributed by atoms with Gasteiger partial charge in [-0.15, -0.1) is 12.4 Å². The van der Waals surface area contributed by atoms with E-state index in [4.69, 9.17) is 0 Å². The molecule has 3 N–H and O–H groups in total. The van der Waals surface area contributed by atoms with Crippen LogP contribution >= 0.6 is 12.4 Å². The molecule has 0 spiro atoms. The lowest BCUT2D eigenvalue weighted by Crippen LogP contribution is -2.47. The molecule has 120 valence electrons. The van der Waals surface area contributed by atoms with Gasteiger partial charge in [0.15, 0.2) is 0 Å². The Hall–Kier alpha value is -1.15. The second-order valence-corrected chi connectivity index (χ2v) is 7.66. The van der Waals surface area contributed by atoms with Gasteiger partial charge in [0.05, 0.1) is 0 Å². The zero-order valence-corrected chi connectivity index (χ0v) is 13.6. The number of sulfonamides is 1. The fraction of sp³-hybridized carbons (Fsp3) is 0.500. The van der Waals surface area contributed by atoms with Crippen LogP contribution in [0.3, 0.4) is 0 Å². The van der Waals surface area contributed by atoms with Crippen LogP contribution in [0.5, 0.6) is 0 Å². The van der Waals surface area contributed by atoms with Gasteiger partial charge in [-0.25, -0.2) is 18.1 Å². The number of H-pyrrole nitrogens is 1. The van der Waals surface area contributed by atoms with Gasteiger partial charge in [-0.1, -0.05) is 0 Å². The number of pyridine rings is 1. The molecular weight excluding hydrogens is 324 g/mol. The molecule has 2 aromatic rings. The van der Waals surface area contributed by atoms with Crippen LogP contribution in [0.15, 0.2) is 29.4 Å². The summed E-state index contributed by atoms with van der Waals surface area (Å²) in [7, 11) is -3.51. The van der Waals surface area contributed by atoms with Gasteiger partial charge in [0, 0.05) is 35.9 Å². The second-order valence-electron chi connectivity index (χ2n) is 5.98. The third kappa shape index (κ3) is 2.74. The minimum Gasteiger partial charge on any atom is -0.345 e. The molecule has 2 aliphatic rings. The number of nitrogens with one attached hydrogen (secondary N) is 3. The number of hydrogen-bond donors (Lipinski definition) is 3. The standard InChI is InChI=1S/C14H18N4O2S.ClH/c19-21(20,13-8-16-14-12(13)2-1-5-15-14)18-11-6-9-3-4-10(7-11)17-9;/h1-2,5,8-11,17-18H,3-4,6-7H2,(H,15,16);1H. The zero-order valence-electron chi connectivity index (χ0n) is 12.0. The van der Waals surface area contributed by atoms with E-state index in [0.717, 1.165) is 25.7 Å². The van der Waals surface area contributed by atoms with E-state index in [2.05, 4.69) is 20.0 Å². The Kier molecular flexibility index (Phi) is 4.15. The van der Waals surface area contributed by atoms with Gasteiger partial charge < -0.3 is 10.3 Å². The Labute approximate surface area is 135 Å². The first-order chi connectivity index (χ1) is 10.1. The number of piperidine rings is 1. The summed E-state index contributed by atoms with van der Waals surface area (Å²) in [5.41, 5.74) is 0.600. The first-order valence-corrected chi connectivity index (χ1v) is 8.80. The van der Waals surface area contributed by atoms with Crippen molar-refractivity contribution in [3.8, 4) is 0 Å². The predicted octanol–water partition coefficient (Wildman–Crippen LogP) is 1.55. The van der Waals surface area contributed by atoms with Crippen molar-refractivity contribution in [1.29, 1.82) is 0 Å². The molecule has 2 bridgehead atoms. The highest BCUT2D eigenvalue weighted by molar-refractivity contribution is 7.89. The van der Waals surface area contributed by atoms with Crippen LogP contribution < -0.4 is 10.0 Å². The Morgan fingerprint density at radius 3 is 2.68 bits per heavy atom. The summed E-state index contributed by atoms with van der Waals surface area (Å²) in [5, 5.41) is 4.16. The van der Waals surface area contributed by atoms with Crippen molar-refractivity contribution in [1.82, 2.24) is 20.0 Å². The molecule has 0 amide bonds. The predicted molar refractivity (Wildman–Crippen MR) is 86.6 cm³/mol. The highest BCUT2D eigenvalue weighted by Gasteiger charge is 2.35. The number of rotatable bonds is 3. The molecule has 4 heterocycles. The molecule has 2 aromatic heterocycles. The largest absolute Gasteiger partial charge is 0.345 e. The van der Waals surface area contributed by atoms with Crippen molar-refractivity contribution in [3.05, 3.63) is 24.5 Å². The normalized spacial score (nSPS) is 27.7. The van der Waals surface area contributed by atoms with Crippen LogP contribution in [0.1, 0.15) is 25.7 Å². The molecular formula is C14H19ClN4O2S. The molecule has 4 rings (SSSR count). The number of aromatic nitrogens is 2. The lowest BCUT2D eigenvalue weighted by molar-refractivity contribution is 0.345. The van der Waals surface area contributed by atoms with Crippen LogP contribution in [0, 0.1) is 0 Å². The molecule has 8 heteroatoms. The van der Waals surface area contributed by atoms with Crippen molar-refractivity contribution in [2.75, 3.05) is 0 Å². The number of nitrogens with zero attached hydrogens (tertiary/aromatic N) is 1. The van der Waals surface area contributed by atoms with Crippen molar-refractivity contribution in [2.45, 2.75) is 48.7 Å². The van der Waals surface area contributed by atoms with Gasteiger partial charge >= 0.3 is 0 Å². The van der Waals surface area contributed by atoms with Gasteiger partial charge in [-0.05, 0) is 37.8 Å². The summed E-state index contributed by atoms with van der Waals surface area (Å²) in [6, 6.07) is 4.47. The molecule has 2 unspecified atom stereocenters. The fourth-order valence-electron chi connectivity index (χ4n) is 3.59. The van der Waals surface area contributed by atoms with Crippen LogP contribution in [0.2, 0.25) is 0 Å². The Morgan fingerprint density at radius 1 is 1.23 bits per heavy atom. The zero-order chi connectivity index (χ0) is 14.4. The first-order valence-electron chi connectivity index (χ1n) is 7.32. The molecule has 2 atom stereocenters. The highest BCUT2D eigenvalue weighted by Crippen LogP contribution is 2.28. The number of aromatic amines is 1. The Bertz CT molecular complexity index is 764. The first kappa shape index (κ1) is 15.7. The van der Waals surface area contributed by atoms with Crippen molar-refractivity contribution < 1.29 is 8.42 Å². The maximum atomic E-state index is 12.6. The summed E-state index contributed by atoms with van der Waals surface area (Å²) < 4.78 is 28.1. The third-order valence-corrected chi connectivity index (χ3v) is 6.06. The van der Waals surface area contributed by atoms with E-state index in [1.807, 2.05) is 0 Å². The van der Waals surface area contributed by atoms with Gasteiger partial charge in [0.2, 0.25) is 10.0 Å². The SMILES string of the molecule is Cl.O=S(=O)(NC1CC2CCC(C1)N2)c1c[nH]c2ncccc12. The maximum Gasteiger partial charge on any atom is 0.243 e. The monoisotopic (exact) mass is 342 g/mol. The average Bonchev–Trinajstić information content (AvgIpc) is 3.02. The highest BCUT2D eigenvalue weighted by atomic mass is 35.5. The summed E-state index contributed by atoms with van der Waals surface area (Å²) in [5.74, 6) is 0. The summed E-state index contributed by atoms with van der Waals surface area (Å²) in [4.78, 5) is 7.35. The van der Waals surface area contributed by atoms with E-state index < -0.39 is 10.0 Å². The fourth-order valence-corrected chi connectivity index (χ4v) is 5.02. The Morgan fingerprint density at radius 2 is 1.95 bits per heavy atom.